The molecule has 0 atom stereocenters. The maximum Gasteiger partial charge on any atom is 0.257 e. The van der Waals surface area contributed by atoms with E-state index in [0.717, 1.165) is 15.6 Å². The Kier molecular flexibility index (Phi) is 5.18. The number of benzene rings is 2. The topological polar surface area (TPSA) is 38.3 Å². The molecule has 0 fully saturated rings. The Morgan fingerprint density at radius 2 is 1.90 bits per heavy atom. The number of ether oxygens (including phenoxy) is 1. The smallest absolute Gasteiger partial charge is 0.257 e. The number of likely N-dealkylation sites (N-methyl/N-ethyl adjacent to an activating group) is 1. The van der Waals surface area contributed by atoms with Gasteiger partial charge < -0.3 is 10.1 Å². The molecule has 0 aliphatic carbocycles. The van der Waals surface area contributed by atoms with Crippen LogP contribution in [0.15, 0.2) is 53.0 Å². The third-order valence-electron chi connectivity index (χ3n) is 2.77. The normalized spacial score (nSPS) is 10.1. The summed E-state index contributed by atoms with van der Waals surface area (Å²) in [6, 6.07) is 15.9. The summed E-state index contributed by atoms with van der Waals surface area (Å²) < 4.78 is 6.32. The second-order valence-electron chi connectivity index (χ2n) is 4.25. The highest BCUT2D eigenvalue weighted by molar-refractivity contribution is 9.10. The van der Waals surface area contributed by atoms with Crippen LogP contribution in [0.4, 0.5) is 0 Å². The van der Waals surface area contributed by atoms with Crippen molar-refractivity contribution in [2.75, 3.05) is 13.2 Å². The van der Waals surface area contributed by atoms with E-state index in [1.54, 1.807) is 0 Å². The van der Waals surface area contributed by atoms with Crippen LogP contribution in [0.25, 0.3) is 11.1 Å². The van der Waals surface area contributed by atoms with Gasteiger partial charge in [-0.3, -0.25) is 4.79 Å². The zero-order valence-electron chi connectivity index (χ0n) is 11.2. The van der Waals surface area contributed by atoms with Gasteiger partial charge in [-0.05, 0) is 46.1 Å². The number of hydrogen-bond acceptors (Lipinski definition) is 2. The minimum atomic E-state index is -0.119. The molecule has 0 aliphatic rings. The second-order valence-corrected chi connectivity index (χ2v) is 5.11. The monoisotopic (exact) mass is 333 g/mol. The lowest BCUT2D eigenvalue weighted by Crippen LogP contribution is -2.28. The van der Waals surface area contributed by atoms with Gasteiger partial charge in [0.1, 0.15) is 5.75 Å². The van der Waals surface area contributed by atoms with Crippen molar-refractivity contribution in [1.29, 1.82) is 0 Å². The molecule has 0 aliphatic heterocycles. The van der Waals surface area contributed by atoms with Crippen LogP contribution in [-0.2, 0) is 4.79 Å². The van der Waals surface area contributed by atoms with Gasteiger partial charge in [0.25, 0.3) is 5.91 Å². The first-order valence-electron chi connectivity index (χ1n) is 6.45. The molecular weight excluding hydrogens is 318 g/mol. The van der Waals surface area contributed by atoms with Gasteiger partial charge >= 0.3 is 0 Å². The number of carbonyl (C=O) groups excluding carboxylic acids is 1. The fourth-order valence-electron chi connectivity index (χ4n) is 1.82. The van der Waals surface area contributed by atoms with Gasteiger partial charge in [-0.1, -0.05) is 36.4 Å². The third kappa shape index (κ3) is 3.84. The minimum absolute atomic E-state index is 0.0249. The fraction of sp³-hybridized carbons (Fsp3) is 0.188. The summed E-state index contributed by atoms with van der Waals surface area (Å²) in [5.74, 6) is 0.544. The van der Waals surface area contributed by atoms with Crippen LogP contribution in [0.5, 0.6) is 5.75 Å². The van der Waals surface area contributed by atoms with Crippen LogP contribution in [0.3, 0.4) is 0 Å². The Hall–Kier alpha value is -1.81. The summed E-state index contributed by atoms with van der Waals surface area (Å²) in [6.45, 7) is 2.51. The molecule has 0 bridgehead atoms. The Morgan fingerprint density at radius 1 is 1.15 bits per heavy atom. The molecule has 0 radical (unpaired) electrons. The molecule has 0 aromatic heterocycles. The van der Waals surface area contributed by atoms with Crippen LogP contribution in [0.2, 0.25) is 0 Å². The van der Waals surface area contributed by atoms with Gasteiger partial charge in [-0.15, -0.1) is 0 Å². The molecule has 104 valence electrons. The number of carbonyl (C=O) groups is 1. The first-order valence-corrected chi connectivity index (χ1v) is 7.24. The first-order chi connectivity index (χ1) is 9.70. The molecule has 0 heterocycles. The van der Waals surface area contributed by atoms with Crippen molar-refractivity contribution in [1.82, 2.24) is 5.32 Å². The lowest BCUT2D eigenvalue weighted by atomic mass is 10.1. The van der Waals surface area contributed by atoms with Gasteiger partial charge in [0, 0.05) is 6.54 Å². The summed E-state index contributed by atoms with van der Waals surface area (Å²) in [5.41, 5.74) is 2.24. The van der Waals surface area contributed by atoms with Crippen molar-refractivity contribution < 1.29 is 9.53 Å². The van der Waals surface area contributed by atoms with E-state index in [0.29, 0.717) is 12.3 Å². The highest BCUT2D eigenvalue weighted by Gasteiger charge is 2.06. The number of amides is 1. The molecule has 0 unspecified atom stereocenters. The van der Waals surface area contributed by atoms with Crippen LogP contribution < -0.4 is 10.1 Å². The number of rotatable bonds is 5. The molecule has 0 saturated carbocycles. The highest BCUT2D eigenvalue weighted by Crippen LogP contribution is 2.30. The molecule has 0 spiro atoms. The summed E-state index contributed by atoms with van der Waals surface area (Å²) in [4.78, 5) is 11.4. The van der Waals surface area contributed by atoms with E-state index in [9.17, 15) is 4.79 Å². The lowest BCUT2D eigenvalue weighted by molar-refractivity contribution is -0.122. The minimum Gasteiger partial charge on any atom is -0.483 e. The van der Waals surface area contributed by atoms with Crippen molar-refractivity contribution in [3.8, 4) is 16.9 Å². The van der Waals surface area contributed by atoms with E-state index >= 15 is 0 Å². The van der Waals surface area contributed by atoms with Crippen molar-refractivity contribution in [3.63, 3.8) is 0 Å². The average molecular weight is 334 g/mol. The Balaban J connectivity index is 2.08. The molecule has 0 saturated heterocycles. The lowest BCUT2D eigenvalue weighted by Gasteiger charge is -2.09. The molecule has 1 N–H and O–H groups in total. The number of nitrogens with one attached hydrogen (secondary N) is 1. The summed E-state index contributed by atoms with van der Waals surface area (Å²) >= 11 is 3.48. The maximum absolute atomic E-state index is 11.4. The van der Waals surface area contributed by atoms with Gasteiger partial charge in [-0.2, -0.15) is 0 Å². The van der Waals surface area contributed by atoms with E-state index in [1.807, 2.05) is 43.3 Å². The van der Waals surface area contributed by atoms with E-state index < -0.39 is 0 Å². The van der Waals surface area contributed by atoms with Crippen LogP contribution >= 0.6 is 15.9 Å². The number of halogens is 1. The van der Waals surface area contributed by atoms with Crippen LogP contribution in [-0.4, -0.2) is 19.1 Å². The zero-order chi connectivity index (χ0) is 14.4. The fourth-order valence-corrected chi connectivity index (χ4v) is 2.31. The Bertz CT molecular complexity index is 584. The predicted molar refractivity (Wildman–Crippen MR) is 83.8 cm³/mol. The molecule has 3 nitrogen and oxygen atoms in total. The average Bonchev–Trinajstić information content (AvgIpc) is 2.47. The standard InChI is InChI=1S/C16H16BrNO2/c1-2-18-16(19)11-20-15-9-8-13(10-14(15)17)12-6-4-3-5-7-12/h3-10H,2,11H2,1H3,(H,18,19). The summed E-state index contributed by atoms with van der Waals surface area (Å²) in [7, 11) is 0. The largest absolute Gasteiger partial charge is 0.483 e. The van der Waals surface area contributed by atoms with Gasteiger partial charge in [0.2, 0.25) is 0 Å². The van der Waals surface area contributed by atoms with Crippen molar-refractivity contribution in [3.05, 3.63) is 53.0 Å². The molecule has 2 aromatic carbocycles. The van der Waals surface area contributed by atoms with E-state index in [1.165, 1.54) is 0 Å². The second kappa shape index (κ2) is 7.10. The zero-order valence-corrected chi connectivity index (χ0v) is 12.8. The van der Waals surface area contributed by atoms with Gasteiger partial charge in [-0.25, -0.2) is 0 Å². The Labute approximate surface area is 127 Å². The van der Waals surface area contributed by atoms with E-state index in [4.69, 9.17) is 4.74 Å². The molecule has 2 aromatic rings. The quantitative estimate of drug-likeness (QED) is 0.907. The first kappa shape index (κ1) is 14.6. The summed E-state index contributed by atoms with van der Waals surface area (Å²) in [5, 5.41) is 2.69. The molecule has 20 heavy (non-hydrogen) atoms. The van der Waals surface area contributed by atoms with Crippen LogP contribution in [0, 0.1) is 0 Å². The summed E-state index contributed by atoms with van der Waals surface area (Å²) in [6.07, 6.45) is 0. The van der Waals surface area contributed by atoms with Crippen molar-refractivity contribution in [2.45, 2.75) is 6.92 Å². The molecule has 1 amide bonds. The highest BCUT2D eigenvalue weighted by atomic mass is 79.9. The van der Waals surface area contributed by atoms with Crippen LogP contribution in [0.1, 0.15) is 6.92 Å². The van der Waals surface area contributed by atoms with E-state index in [-0.39, 0.29) is 12.5 Å². The maximum atomic E-state index is 11.4. The van der Waals surface area contributed by atoms with Crippen molar-refractivity contribution in [2.24, 2.45) is 0 Å². The predicted octanol–water partition coefficient (Wildman–Crippen LogP) is 3.63. The van der Waals surface area contributed by atoms with Gasteiger partial charge in [0.15, 0.2) is 6.61 Å². The van der Waals surface area contributed by atoms with Gasteiger partial charge in [0.05, 0.1) is 4.47 Å². The Morgan fingerprint density at radius 3 is 2.55 bits per heavy atom. The SMILES string of the molecule is CCNC(=O)COc1ccc(-c2ccccc2)cc1Br. The molecule has 2 rings (SSSR count). The number of hydrogen-bond donors (Lipinski definition) is 1. The van der Waals surface area contributed by atoms with E-state index in [2.05, 4.69) is 33.4 Å². The molecule has 4 heteroatoms. The third-order valence-corrected chi connectivity index (χ3v) is 3.39. The molecular formula is C16H16BrNO2. The van der Waals surface area contributed by atoms with Crippen molar-refractivity contribution >= 4 is 21.8 Å².